The molecule has 3 nitrogen and oxygen atoms in total. The van der Waals surface area contributed by atoms with Crippen molar-refractivity contribution in [2.45, 2.75) is 71.1 Å². The first-order valence-electron chi connectivity index (χ1n) is 7.03. The first-order valence-corrected chi connectivity index (χ1v) is 9.09. The smallest absolute Gasteiger partial charge is 0.193 e. The minimum Gasteiger partial charge on any atom is -0.193 e. The maximum Gasteiger partial charge on any atom is 0.403 e. The Labute approximate surface area is 107 Å². The molecule has 0 aromatic rings. The van der Waals surface area contributed by atoms with Crippen molar-refractivity contribution in [3.63, 3.8) is 0 Å². The SMILES string of the molecule is CCCCCCCCCCCCO[P+](C)(O)O. The Morgan fingerprint density at radius 2 is 1.18 bits per heavy atom. The third-order valence-corrected chi connectivity index (χ3v) is 3.51. The Kier molecular flexibility index (Phi) is 11.6. The first-order chi connectivity index (χ1) is 8.06. The van der Waals surface area contributed by atoms with Gasteiger partial charge in [0.1, 0.15) is 6.66 Å². The zero-order valence-electron chi connectivity index (χ0n) is 11.5. The Balaban J connectivity index is 2.99. The molecule has 0 aliphatic heterocycles. The van der Waals surface area contributed by atoms with Gasteiger partial charge < -0.3 is 0 Å². The minimum atomic E-state index is -2.99. The minimum absolute atomic E-state index is 0.480. The van der Waals surface area contributed by atoms with E-state index in [1.165, 1.54) is 58.0 Å². The molecule has 0 fully saturated rings. The molecular formula is C13H30O3P+. The lowest BCUT2D eigenvalue weighted by atomic mass is 10.1. The third kappa shape index (κ3) is 16.3. The Morgan fingerprint density at radius 1 is 0.765 bits per heavy atom. The quantitative estimate of drug-likeness (QED) is 0.408. The second-order valence-electron chi connectivity index (χ2n) is 4.85. The molecule has 0 rings (SSSR count). The fourth-order valence-corrected chi connectivity index (χ4v) is 2.30. The van der Waals surface area contributed by atoms with Gasteiger partial charge in [-0.15, -0.1) is 0 Å². The van der Waals surface area contributed by atoms with Gasteiger partial charge in [0.25, 0.3) is 0 Å². The highest BCUT2D eigenvalue weighted by atomic mass is 31.2. The van der Waals surface area contributed by atoms with Crippen LogP contribution in [0.2, 0.25) is 0 Å². The van der Waals surface area contributed by atoms with Gasteiger partial charge in [0, 0.05) is 0 Å². The van der Waals surface area contributed by atoms with Crippen LogP contribution >= 0.6 is 7.94 Å². The van der Waals surface area contributed by atoms with Gasteiger partial charge in [-0.05, 0) is 6.42 Å². The zero-order chi connectivity index (χ0) is 13.0. The largest absolute Gasteiger partial charge is 0.403 e. The highest BCUT2D eigenvalue weighted by Crippen LogP contribution is 2.46. The van der Waals surface area contributed by atoms with Crippen molar-refractivity contribution in [2.75, 3.05) is 13.3 Å². The van der Waals surface area contributed by atoms with E-state index in [4.69, 9.17) is 14.3 Å². The molecule has 0 atom stereocenters. The van der Waals surface area contributed by atoms with Crippen molar-refractivity contribution in [1.82, 2.24) is 0 Å². The highest BCUT2D eigenvalue weighted by molar-refractivity contribution is 7.58. The summed E-state index contributed by atoms with van der Waals surface area (Å²) in [7, 11) is -2.99. The Morgan fingerprint density at radius 3 is 1.59 bits per heavy atom. The van der Waals surface area contributed by atoms with Crippen LogP contribution in [-0.4, -0.2) is 23.1 Å². The van der Waals surface area contributed by atoms with Crippen LogP contribution in [0.4, 0.5) is 0 Å². The van der Waals surface area contributed by atoms with Gasteiger partial charge in [0.05, 0.1) is 6.61 Å². The van der Waals surface area contributed by atoms with E-state index in [0.717, 1.165) is 12.8 Å². The predicted octanol–water partition coefficient (Wildman–Crippen LogP) is 4.30. The lowest BCUT2D eigenvalue weighted by Gasteiger charge is -2.05. The molecule has 0 aliphatic carbocycles. The molecule has 104 valence electrons. The molecule has 0 saturated carbocycles. The fourth-order valence-electron chi connectivity index (χ4n) is 1.83. The van der Waals surface area contributed by atoms with Crippen LogP contribution in [-0.2, 0) is 4.52 Å². The van der Waals surface area contributed by atoms with Gasteiger partial charge >= 0.3 is 7.94 Å². The van der Waals surface area contributed by atoms with Gasteiger partial charge in [-0.2, -0.15) is 14.3 Å². The topological polar surface area (TPSA) is 49.7 Å². The molecule has 0 unspecified atom stereocenters. The second-order valence-corrected chi connectivity index (χ2v) is 6.78. The van der Waals surface area contributed by atoms with E-state index in [1.807, 2.05) is 0 Å². The molecule has 0 aromatic heterocycles. The molecule has 0 heterocycles. The van der Waals surface area contributed by atoms with Gasteiger partial charge in [0.15, 0.2) is 0 Å². The van der Waals surface area contributed by atoms with Gasteiger partial charge in [-0.3, -0.25) is 0 Å². The van der Waals surface area contributed by atoms with Crippen LogP contribution in [0.1, 0.15) is 71.1 Å². The lowest BCUT2D eigenvalue weighted by molar-refractivity contribution is 0.229. The zero-order valence-corrected chi connectivity index (χ0v) is 12.4. The summed E-state index contributed by atoms with van der Waals surface area (Å²) in [5.41, 5.74) is 0. The molecule has 0 amide bonds. The fraction of sp³-hybridized carbons (Fsp3) is 1.00. The van der Waals surface area contributed by atoms with E-state index >= 15 is 0 Å². The maximum absolute atomic E-state index is 9.01. The standard InChI is InChI=1S/C13H30O3P/c1-3-4-5-6-7-8-9-10-11-12-13-16-17(2,14)15/h14-15H,3-13H2,1-2H3/q+1. The summed E-state index contributed by atoms with van der Waals surface area (Å²) in [4.78, 5) is 18.0. The van der Waals surface area contributed by atoms with Gasteiger partial charge in [-0.25, -0.2) is 0 Å². The van der Waals surface area contributed by atoms with Crippen molar-refractivity contribution in [3.8, 4) is 0 Å². The predicted molar refractivity (Wildman–Crippen MR) is 75.1 cm³/mol. The van der Waals surface area contributed by atoms with Crippen molar-refractivity contribution in [3.05, 3.63) is 0 Å². The molecule has 0 aromatic carbocycles. The Hall–Kier alpha value is 0.310. The summed E-state index contributed by atoms with van der Waals surface area (Å²) < 4.78 is 4.92. The molecule has 0 bridgehead atoms. The summed E-state index contributed by atoms with van der Waals surface area (Å²) in [6, 6.07) is 0. The normalized spacial score (nSPS) is 12.0. The molecule has 0 aliphatic rings. The summed E-state index contributed by atoms with van der Waals surface area (Å²) in [6.07, 6.45) is 12.8. The van der Waals surface area contributed by atoms with Crippen LogP contribution in [0, 0.1) is 0 Å². The number of unbranched alkanes of at least 4 members (excludes halogenated alkanes) is 9. The van der Waals surface area contributed by atoms with Gasteiger partial charge in [0.2, 0.25) is 0 Å². The summed E-state index contributed by atoms with van der Waals surface area (Å²) in [5.74, 6) is 0. The van der Waals surface area contributed by atoms with Crippen LogP contribution in [0.25, 0.3) is 0 Å². The number of hydrogen-bond donors (Lipinski definition) is 2. The van der Waals surface area contributed by atoms with Crippen molar-refractivity contribution in [2.24, 2.45) is 0 Å². The molecule has 2 N–H and O–H groups in total. The summed E-state index contributed by atoms with van der Waals surface area (Å²) >= 11 is 0. The second kappa shape index (κ2) is 11.4. The van der Waals surface area contributed by atoms with E-state index in [9.17, 15) is 0 Å². The van der Waals surface area contributed by atoms with Crippen LogP contribution in [0.5, 0.6) is 0 Å². The van der Waals surface area contributed by atoms with Crippen LogP contribution in [0.15, 0.2) is 0 Å². The summed E-state index contributed by atoms with van der Waals surface area (Å²) in [5, 5.41) is 0. The van der Waals surface area contributed by atoms with Crippen LogP contribution in [0.3, 0.4) is 0 Å². The van der Waals surface area contributed by atoms with Gasteiger partial charge in [-0.1, -0.05) is 64.7 Å². The van der Waals surface area contributed by atoms with Crippen LogP contribution < -0.4 is 0 Å². The third-order valence-electron chi connectivity index (χ3n) is 2.83. The number of hydrogen-bond acceptors (Lipinski definition) is 3. The first kappa shape index (κ1) is 17.3. The molecular weight excluding hydrogens is 235 g/mol. The van der Waals surface area contributed by atoms with E-state index in [1.54, 1.807) is 0 Å². The van der Waals surface area contributed by atoms with E-state index in [-0.39, 0.29) is 0 Å². The average molecular weight is 265 g/mol. The molecule has 17 heavy (non-hydrogen) atoms. The molecule has 0 spiro atoms. The monoisotopic (exact) mass is 265 g/mol. The Bertz CT molecular complexity index is 157. The van der Waals surface area contributed by atoms with Crippen molar-refractivity contribution < 1.29 is 14.3 Å². The van der Waals surface area contributed by atoms with Crippen molar-refractivity contribution >= 4 is 7.94 Å². The molecule has 0 radical (unpaired) electrons. The van der Waals surface area contributed by atoms with Crippen molar-refractivity contribution in [1.29, 1.82) is 0 Å². The number of rotatable bonds is 12. The van der Waals surface area contributed by atoms with E-state index < -0.39 is 7.94 Å². The van der Waals surface area contributed by atoms with E-state index in [0.29, 0.717) is 6.61 Å². The molecule has 4 heteroatoms. The maximum atomic E-state index is 9.01. The molecule has 0 saturated heterocycles. The summed E-state index contributed by atoms with van der Waals surface area (Å²) in [6.45, 7) is 4.07. The highest BCUT2D eigenvalue weighted by Gasteiger charge is 2.25. The average Bonchev–Trinajstić information content (AvgIpc) is 2.24. The lowest BCUT2D eigenvalue weighted by Crippen LogP contribution is -1.96. The van der Waals surface area contributed by atoms with E-state index in [2.05, 4.69) is 6.92 Å².